The topological polar surface area (TPSA) is 35.0 Å². The summed E-state index contributed by atoms with van der Waals surface area (Å²) in [6.45, 7) is 1.90. The molecule has 1 heterocycles. The number of aromatic nitrogens is 2. The first kappa shape index (κ1) is 10.9. The van der Waals surface area contributed by atoms with Gasteiger partial charge in [-0.25, -0.2) is 9.97 Å². The predicted molar refractivity (Wildman–Crippen MR) is 63.8 cm³/mol. The Hall–Kier alpha value is -1.61. The molecular weight excluding hydrogens is 224 g/mol. The molecular formula is C12H11ClN2O. The fourth-order valence-electron chi connectivity index (χ4n) is 1.49. The molecule has 0 fully saturated rings. The summed E-state index contributed by atoms with van der Waals surface area (Å²) in [7, 11) is 1.64. The van der Waals surface area contributed by atoms with Gasteiger partial charge in [0.15, 0.2) is 0 Å². The smallest absolute Gasteiger partial charge is 0.135 e. The molecule has 0 atom stereocenters. The minimum absolute atomic E-state index is 0.479. The quantitative estimate of drug-likeness (QED) is 0.749. The maximum Gasteiger partial charge on any atom is 0.135 e. The summed E-state index contributed by atoms with van der Waals surface area (Å²) in [6, 6.07) is 7.70. The number of rotatable bonds is 2. The van der Waals surface area contributed by atoms with Crippen LogP contribution in [0.1, 0.15) is 5.56 Å². The average Bonchev–Trinajstić information content (AvgIpc) is 2.33. The van der Waals surface area contributed by atoms with Crippen molar-refractivity contribution in [2.45, 2.75) is 6.92 Å². The van der Waals surface area contributed by atoms with Gasteiger partial charge in [0.1, 0.15) is 17.2 Å². The Bertz CT molecular complexity index is 514. The minimum Gasteiger partial charge on any atom is -0.497 e. The first-order valence-corrected chi connectivity index (χ1v) is 5.21. The molecule has 0 aliphatic carbocycles. The van der Waals surface area contributed by atoms with Crippen molar-refractivity contribution >= 4 is 11.6 Å². The average molecular weight is 235 g/mol. The molecule has 0 unspecified atom stereocenters. The normalized spacial score (nSPS) is 10.2. The van der Waals surface area contributed by atoms with Gasteiger partial charge in [0.25, 0.3) is 0 Å². The van der Waals surface area contributed by atoms with Gasteiger partial charge in [-0.2, -0.15) is 0 Å². The van der Waals surface area contributed by atoms with Gasteiger partial charge in [-0.15, -0.1) is 0 Å². The van der Waals surface area contributed by atoms with Gasteiger partial charge in [0.05, 0.1) is 12.8 Å². The van der Waals surface area contributed by atoms with Crippen LogP contribution < -0.4 is 4.74 Å². The maximum absolute atomic E-state index is 5.96. The fraction of sp³-hybridized carbons (Fsp3) is 0.167. The van der Waals surface area contributed by atoms with Crippen molar-refractivity contribution in [1.82, 2.24) is 9.97 Å². The van der Waals surface area contributed by atoms with Gasteiger partial charge >= 0.3 is 0 Å². The predicted octanol–water partition coefficient (Wildman–Crippen LogP) is 3.11. The van der Waals surface area contributed by atoms with Crippen LogP contribution >= 0.6 is 11.6 Å². The number of ether oxygens (including phenoxy) is 1. The highest BCUT2D eigenvalue weighted by molar-refractivity contribution is 6.30. The summed E-state index contributed by atoms with van der Waals surface area (Å²) >= 11 is 5.96. The number of halogens is 1. The molecule has 1 aromatic carbocycles. The van der Waals surface area contributed by atoms with E-state index in [0.717, 1.165) is 22.6 Å². The maximum atomic E-state index is 5.96. The third-order valence-electron chi connectivity index (χ3n) is 2.37. The molecule has 82 valence electrons. The Kier molecular flexibility index (Phi) is 3.06. The summed E-state index contributed by atoms with van der Waals surface area (Å²) in [6.07, 6.45) is 1.46. The lowest BCUT2D eigenvalue weighted by Gasteiger charge is -2.07. The number of methoxy groups -OCH3 is 1. The van der Waals surface area contributed by atoms with Crippen LogP contribution in [0.4, 0.5) is 0 Å². The molecule has 0 aliphatic rings. The zero-order valence-electron chi connectivity index (χ0n) is 9.07. The van der Waals surface area contributed by atoms with Gasteiger partial charge < -0.3 is 4.74 Å². The Morgan fingerprint density at radius 1 is 1.25 bits per heavy atom. The van der Waals surface area contributed by atoms with Crippen molar-refractivity contribution in [1.29, 1.82) is 0 Å². The summed E-state index contributed by atoms with van der Waals surface area (Å²) in [5.74, 6) is 0.798. The molecule has 0 amide bonds. The Morgan fingerprint density at radius 3 is 2.81 bits per heavy atom. The van der Waals surface area contributed by atoms with Crippen LogP contribution in [0.25, 0.3) is 11.3 Å². The molecule has 3 nitrogen and oxygen atoms in total. The summed E-state index contributed by atoms with van der Waals surface area (Å²) in [5, 5.41) is 0.479. The summed E-state index contributed by atoms with van der Waals surface area (Å²) < 4.78 is 5.17. The Balaban J connectivity index is 2.54. The van der Waals surface area contributed by atoms with E-state index in [4.69, 9.17) is 16.3 Å². The van der Waals surface area contributed by atoms with Crippen LogP contribution in [0.3, 0.4) is 0 Å². The van der Waals surface area contributed by atoms with E-state index in [1.165, 1.54) is 6.33 Å². The number of hydrogen-bond acceptors (Lipinski definition) is 3. The highest BCUT2D eigenvalue weighted by Gasteiger charge is 2.07. The molecule has 1 aromatic heterocycles. The highest BCUT2D eigenvalue weighted by atomic mass is 35.5. The second kappa shape index (κ2) is 4.49. The molecule has 0 saturated carbocycles. The summed E-state index contributed by atoms with van der Waals surface area (Å²) in [4.78, 5) is 8.16. The molecule has 0 bridgehead atoms. The standard InChI is InChI=1S/C12H11ClN2O/c1-8-11(14-7-15-12(8)13)9-4-3-5-10(6-9)16-2/h3-7H,1-2H3. The van der Waals surface area contributed by atoms with E-state index in [2.05, 4.69) is 9.97 Å². The van der Waals surface area contributed by atoms with E-state index in [1.807, 2.05) is 31.2 Å². The van der Waals surface area contributed by atoms with E-state index in [-0.39, 0.29) is 0 Å². The largest absolute Gasteiger partial charge is 0.497 e. The Morgan fingerprint density at radius 2 is 2.06 bits per heavy atom. The van der Waals surface area contributed by atoms with Gasteiger partial charge in [-0.1, -0.05) is 23.7 Å². The first-order chi connectivity index (χ1) is 7.72. The van der Waals surface area contributed by atoms with E-state index >= 15 is 0 Å². The minimum atomic E-state index is 0.479. The molecule has 0 aliphatic heterocycles. The van der Waals surface area contributed by atoms with E-state index in [1.54, 1.807) is 7.11 Å². The second-order valence-electron chi connectivity index (χ2n) is 3.37. The van der Waals surface area contributed by atoms with Crippen molar-refractivity contribution in [2.75, 3.05) is 7.11 Å². The molecule has 0 N–H and O–H groups in total. The number of nitrogens with zero attached hydrogens (tertiary/aromatic N) is 2. The van der Waals surface area contributed by atoms with Crippen LogP contribution in [0.5, 0.6) is 5.75 Å². The van der Waals surface area contributed by atoms with Gasteiger partial charge in [-0.05, 0) is 19.1 Å². The summed E-state index contributed by atoms with van der Waals surface area (Å²) in [5.41, 5.74) is 2.68. The van der Waals surface area contributed by atoms with E-state index in [9.17, 15) is 0 Å². The van der Waals surface area contributed by atoms with Crippen LogP contribution in [-0.4, -0.2) is 17.1 Å². The zero-order chi connectivity index (χ0) is 11.5. The third kappa shape index (κ3) is 1.99. The number of hydrogen-bond donors (Lipinski definition) is 0. The van der Waals surface area contributed by atoms with Crippen molar-refractivity contribution in [3.63, 3.8) is 0 Å². The van der Waals surface area contributed by atoms with E-state index in [0.29, 0.717) is 5.15 Å². The van der Waals surface area contributed by atoms with Crippen LogP contribution in [0.15, 0.2) is 30.6 Å². The lowest BCUT2D eigenvalue weighted by molar-refractivity contribution is 0.415. The Labute approximate surface area is 99.1 Å². The molecule has 0 radical (unpaired) electrons. The fourth-order valence-corrected chi connectivity index (χ4v) is 1.62. The van der Waals surface area contributed by atoms with Crippen LogP contribution in [-0.2, 0) is 0 Å². The molecule has 0 spiro atoms. The molecule has 0 saturated heterocycles. The van der Waals surface area contributed by atoms with Gasteiger partial charge in [0.2, 0.25) is 0 Å². The SMILES string of the molecule is COc1cccc(-c2ncnc(Cl)c2C)c1. The monoisotopic (exact) mass is 234 g/mol. The highest BCUT2D eigenvalue weighted by Crippen LogP contribution is 2.26. The third-order valence-corrected chi connectivity index (χ3v) is 2.75. The van der Waals surface area contributed by atoms with Crippen molar-refractivity contribution in [3.8, 4) is 17.0 Å². The zero-order valence-corrected chi connectivity index (χ0v) is 9.82. The second-order valence-corrected chi connectivity index (χ2v) is 3.73. The molecule has 2 rings (SSSR count). The first-order valence-electron chi connectivity index (χ1n) is 4.84. The lowest BCUT2D eigenvalue weighted by Crippen LogP contribution is -1.92. The van der Waals surface area contributed by atoms with Crippen LogP contribution in [0.2, 0.25) is 5.15 Å². The molecule has 4 heteroatoms. The van der Waals surface area contributed by atoms with Crippen LogP contribution in [0, 0.1) is 6.92 Å². The van der Waals surface area contributed by atoms with Crippen molar-refractivity contribution in [2.24, 2.45) is 0 Å². The number of benzene rings is 1. The lowest BCUT2D eigenvalue weighted by atomic mass is 10.1. The molecule has 16 heavy (non-hydrogen) atoms. The van der Waals surface area contributed by atoms with Gasteiger partial charge in [0, 0.05) is 11.1 Å². The van der Waals surface area contributed by atoms with Gasteiger partial charge in [-0.3, -0.25) is 0 Å². The van der Waals surface area contributed by atoms with Crippen molar-refractivity contribution in [3.05, 3.63) is 41.3 Å². The van der Waals surface area contributed by atoms with Crippen molar-refractivity contribution < 1.29 is 4.74 Å². The molecule has 2 aromatic rings. The van der Waals surface area contributed by atoms with E-state index < -0.39 is 0 Å².